The lowest BCUT2D eigenvalue weighted by Gasteiger charge is -2.25. The first kappa shape index (κ1) is 19.6. The van der Waals surface area contributed by atoms with Gasteiger partial charge in [0.2, 0.25) is 10.0 Å². The zero-order valence-corrected chi connectivity index (χ0v) is 16.4. The monoisotopic (exact) mass is 382 g/mol. The highest BCUT2D eigenvalue weighted by atomic mass is 32.2. The minimum absolute atomic E-state index is 0.109. The van der Waals surface area contributed by atoms with Crippen molar-refractivity contribution in [3.05, 3.63) is 45.9 Å². The summed E-state index contributed by atoms with van der Waals surface area (Å²) in [5.41, 5.74) is 1.20. The molecule has 0 unspecified atom stereocenters. The van der Waals surface area contributed by atoms with Gasteiger partial charge < -0.3 is 4.74 Å². The second-order valence-corrected chi connectivity index (χ2v) is 8.64. The first-order valence-electron chi connectivity index (χ1n) is 7.95. The first-order chi connectivity index (χ1) is 11.8. The Balaban J connectivity index is 2.27. The summed E-state index contributed by atoms with van der Waals surface area (Å²) in [4.78, 5) is 16.2. The molecule has 0 aliphatic heterocycles. The maximum absolute atomic E-state index is 12.9. The molecule has 2 aromatic rings. The molecule has 0 amide bonds. The van der Waals surface area contributed by atoms with Gasteiger partial charge in [0.15, 0.2) is 5.69 Å². The number of carbonyl (C=O) groups is 1. The third-order valence-corrected chi connectivity index (χ3v) is 6.40. The van der Waals surface area contributed by atoms with Gasteiger partial charge in [0.25, 0.3) is 0 Å². The van der Waals surface area contributed by atoms with Gasteiger partial charge >= 0.3 is 5.97 Å². The summed E-state index contributed by atoms with van der Waals surface area (Å²) < 4.78 is 32.2. The van der Waals surface area contributed by atoms with Crippen LogP contribution in [0, 0.1) is 6.92 Å². The second-order valence-electron chi connectivity index (χ2n) is 5.80. The summed E-state index contributed by atoms with van der Waals surface area (Å²) in [6, 6.07) is 6.50. The molecular weight excluding hydrogens is 360 g/mol. The quantitative estimate of drug-likeness (QED) is 0.687. The number of hydrogen-bond acceptors (Lipinski definition) is 6. The number of ether oxygens (including phenoxy) is 1. The van der Waals surface area contributed by atoms with Gasteiger partial charge in [0.05, 0.1) is 18.0 Å². The smallest absolute Gasteiger partial charge is 0.357 e. The Bertz CT molecular complexity index is 827. The van der Waals surface area contributed by atoms with Crippen molar-refractivity contribution in [1.82, 2.24) is 9.29 Å². The number of hydrogen-bond donors (Lipinski definition) is 0. The van der Waals surface area contributed by atoms with Crippen LogP contribution in [0.5, 0.6) is 0 Å². The molecule has 0 spiro atoms. The number of esters is 1. The van der Waals surface area contributed by atoms with Gasteiger partial charge in [-0.25, -0.2) is 18.2 Å². The largest absolute Gasteiger partial charge is 0.461 e. The standard InChI is InChI=1S/C17H22N2O4S2/c1-5-23-17(20)15-11-24-16(18-15)10-19(12(2)3)25(21,22)14-8-6-13(4)7-9-14/h6-9,11-12H,5,10H2,1-4H3. The van der Waals surface area contributed by atoms with Crippen molar-refractivity contribution >= 4 is 27.3 Å². The summed E-state index contributed by atoms with van der Waals surface area (Å²) in [5.74, 6) is -0.498. The highest BCUT2D eigenvalue weighted by molar-refractivity contribution is 7.89. The zero-order chi connectivity index (χ0) is 18.6. The van der Waals surface area contributed by atoms with Gasteiger partial charge in [-0.2, -0.15) is 4.31 Å². The van der Waals surface area contributed by atoms with Gasteiger partial charge in [-0.05, 0) is 39.8 Å². The number of rotatable bonds is 7. The van der Waals surface area contributed by atoms with E-state index in [0.29, 0.717) is 5.01 Å². The van der Waals surface area contributed by atoms with Crippen molar-refractivity contribution in [2.75, 3.05) is 6.61 Å². The van der Waals surface area contributed by atoms with E-state index in [1.54, 1.807) is 36.6 Å². The van der Waals surface area contributed by atoms with Crippen LogP contribution in [0.3, 0.4) is 0 Å². The van der Waals surface area contributed by atoms with E-state index in [1.807, 2.05) is 20.8 Å². The van der Waals surface area contributed by atoms with Crippen molar-refractivity contribution in [3.63, 3.8) is 0 Å². The number of benzene rings is 1. The molecule has 0 bridgehead atoms. The van der Waals surface area contributed by atoms with E-state index in [4.69, 9.17) is 4.74 Å². The summed E-state index contributed by atoms with van der Waals surface area (Å²) in [6.45, 7) is 7.63. The fourth-order valence-electron chi connectivity index (χ4n) is 2.21. The Hall–Kier alpha value is -1.77. The molecule has 8 heteroatoms. The molecule has 0 aliphatic rings. The summed E-state index contributed by atoms with van der Waals surface area (Å²) in [5, 5.41) is 2.14. The molecule has 1 aromatic carbocycles. The van der Waals surface area contributed by atoms with E-state index < -0.39 is 16.0 Å². The van der Waals surface area contributed by atoms with Gasteiger partial charge in [-0.3, -0.25) is 0 Å². The molecule has 0 atom stereocenters. The molecule has 1 heterocycles. The van der Waals surface area contributed by atoms with E-state index in [2.05, 4.69) is 4.98 Å². The average molecular weight is 383 g/mol. The van der Waals surface area contributed by atoms with E-state index in [0.717, 1.165) is 5.56 Å². The molecule has 2 rings (SSSR count). The molecule has 136 valence electrons. The molecule has 0 aliphatic carbocycles. The van der Waals surface area contributed by atoms with Gasteiger partial charge in [0.1, 0.15) is 5.01 Å². The van der Waals surface area contributed by atoms with Crippen LogP contribution in [0.4, 0.5) is 0 Å². The highest BCUT2D eigenvalue weighted by Gasteiger charge is 2.28. The van der Waals surface area contributed by atoms with Crippen LogP contribution in [0.15, 0.2) is 34.5 Å². The van der Waals surface area contributed by atoms with Crippen molar-refractivity contribution in [2.45, 2.75) is 45.2 Å². The van der Waals surface area contributed by atoms with Crippen LogP contribution in [0.1, 0.15) is 41.8 Å². The Morgan fingerprint density at radius 3 is 2.48 bits per heavy atom. The molecule has 1 aromatic heterocycles. The number of nitrogens with zero attached hydrogens (tertiary/aromatic N) is 2. The number of thiazole rings is 1. The number of aryl methyl sites for hydroxylation is 1. The lowest BCUT2D eigenvalue weighted by Crippen LogP contribution is -2.36. The minimum atomic E-state index is -3.65. The lowest BCUT2D eigenvalue weighted by molar-refractivity contribution is 0.0520. The minimum Gasteiger partial charge on any atom is -0.461 e. The van der Waals surface area contributed by atoms with Crippen molar-refractivity contribution in [2.24, 2.45) is 0 Å². The lowest BCUT2D eigenvalue weighted by atomic mass is 10.2. The Labute approximate surface area is 152 Å². The van der Waals surface area contributed by atoms with Crippen molar-refractivity contribution < 1.29 is 17.9 Å². The molecule has 0 N–H and O–H groups in total. The van der Waals surface area contributed by atoms with E-state index in [-0.39, 0.29) is 29.8 Å². The zero-order valence-electron chi connectivity index (χ0n) is 14.7. The Morgan fingerprint density at radius 2 is 1.92 bits per heavy atom. The molecule has 6 nitrogen and oxygen atoms in total. The molecule has 0 saturated heterocycles. The fourth-order valence-corrected chi connectivity index (χ4v) is 4.65. The molecule has 0 saturated carbocycles. The summed E-state index contributed by atoms with van der Waals surface area (Å²) >= 11 is 1.25. The molecule has 0 fully saturated rings. The van der Waals surface area contributed by atoms with Crippen molar-refractivity contribution in [1.29, 1.82) is 0 Å². The van der Waals surface area contributed by atoms with Crippen LogP contribution in [-0.2, 0) is 21.3 Å². The van der Waals surface area contributed by atoms with Crippen LogP contribution in [-0.4, -0.2) is 36.3 Å². The van der Waals surface area contributed by atoms with Crippen LogP contribution in [0.25, 0.3) is 0 Å². The fraction of sp³-hybridized carbons (Fsp3) is 0.412. The van der Waals surface area contributed by atoms with Crippen molar-refractivity contribution in [3.8, 4) is 0 Å². The van der Waals surface area contributed by atoms with Crippen LogP contribution < -0.4 is 0 Å². The third-order valence-electron chi connectivity index (χ3n) is 3.53. The topological polar surface area (TPSA) is 76.6 Å². The number of sulfonamides is 1. The molecule has 25 heavy (non-hydrogen) atoms. The number of aromatic nitrogens is 1. The van der Waals surface area contributed by atoms with Gasteiger partial charge in [-0.1, -0.05) is 17.7 Å². The Kier molecular flexibility index (Phi) is 6.31. The first-order valence-corrected chi connectivity index (χ1v) is 10.3. The van der Waals surface area contributed by atoms with E-state index in [1.165, 1.54) is 15.6 Å². The number of carbonyl (C=O) groups excluding carboxylic acids is 1. The molecule has 0 radical (unpaired) electrons. The van der Waals surface area contributed by atoms with Crippen LogP contribution in [0.2, 0.25) is 0 Å². The predicted molar refractivity (Wildman–Crippen MR) is 97.1 cm³/mol. The van der Waals surface area contributed by atoms with Gasteiger partial charge in [0, 0.05) is 11.4 Å². The Morgan fingerprint density at radius 1 is 1.28 bits per heavy atom. The third kappa shape index (κ3) is 4.65. The summed E-state index contributed by atoms with van der Waals surface area (Å²) in [7, 11) is -3.65. The van der Waals surface area contributed by atoms with Gasteiger partial charge in [-0.15, -0.1) is 11.3 Å². The maximum atomic E-state index is 12.9. The van der Waals surface area contributed by atoms with Crippen LogP contribution >= 0.6 is 11.3 Å². The average Bonchev–Trinajstić information content (AvgIpc) is 3.01. The normalized spacial score (nSPS) is 11.9. The van der Waals surface area contributed by atoms with E-state index in [9.17, 15) is 13.2 Å². The SMILES string of the molecule is CCOC(=O)c1csc(CN(C(C)C)S(=O)(=O)c2ccc(C)cc2)n1. The molecular formula is C17H22N2O4S2. The highest BCUT2D eigenvalue weighted by Crippen LogP contribution is 2.23. The maximum Gasteiger partial charge on any atom is 0.357 e. The van der Waals surface area contributed by atoms with E-state index >= 15 is 0 Å². The second kappa shape index (κ2) is 8.07. The summed E-state index contributed by atoms with van der Waals surface area (Å²) in [6.07, 6.45) is 0. The predicted octanol–water partition coefficient (Wildman–Crippen LogP) is 3.23.